The van der Waals surface area contributed by atoms with Crippen molar-refractivity contribution in [3.05, 3.63) is 42.2 Å². The van der Waals surface area contributed by atoms with E-state index in [9.17, 15) is 5.11 Å². The van der Waals surface area contributed by atoms with Crippen molar-refractivity contribution in [1.82, 2.24) is 20.0 Å². The number of thioether (sulfide) groups is 1. The number of aliphatic hydroxyl groups is 1. The van der Waals surface area contributed by atoms with Gasteiger partial charge in [0, 0.05) is 56.6 Å². The third kappa shape index (κ3) is 7.54. The van der Waals surface area contributed by atoms with Gasteiger partial charge in [-0.05, 0) is 36.7 Å². The third-order valence-electron chi connectivity index (χ3n) is 4.86. The van der Waals surface area contributed by atoms with E-state index < -0.39 is 6.10 Å². The van der Waals surface area contributed by atoms with Crippen LogP contribution in [0, 0.1) is 0 Å². The number of nitrogens with one attached hydrogen (secondary N) is 1. The maximum absolute atomic E-state index is 10.3. The summed E-state index contributed by atoms with van der Waals surface area (Å²) < 4.78 is 13.3. The molecule has 1 aliphatic heterocycles. The van der Waals surface area contributed by atoms with Crippen molar-refractivity contribution in [3.8, 4) is 11.5 Å². The fourth-order valence-electron chi connectivity index (χ4n) is 3.29. The summed E-state index contributed by atoms with van der Waals surface area (Å²) in [4.78, 5) is 2.29. The molecule has 3 rings (SSSR count). The second-order valence-electron chi connectivity index (χ2n) is 7.16. The van der Waals surface area contributed by atoms with Crippen LogP contribution >= 0.6 is 11.8 Å². The molecule has 0 spiro atoms. The van der Waals surface area contributed by atoms with E-state index in [0.29, 0.717) is 18.0 Å². The van der Waals surface area contributed by atoms with Gasteiger partial charge in [0.2, 0.25) is 0 Å². The highest BCUT2D eigenvalue weighted by atomic mass is 32.2. The van der Waals surface area contributed by atoms with Gasteiger partial charge in [0.1, 0.15) is 12.7 Å². The molecular weight excluding hydrogens is 388 g/mol. The Morgan fingerprint density at radius 2 is 2.14 bits per heavy atom. The molecule has 8 heteroatoms. The predicted octanol–water partition coefficient (Wildman–Crippen LogP) is 1.86. The Morgan fingerprint density at radius 3 is 2.90 bits per heavy atom. The largest absolute Gasteiger partial charge is 0.493 e. The van der Waals surface area contributed by atoms with E-state index in [0.717, 1.165) is 56.2 Å². The first-order valence-corrected chi connectivity index (χ1v) is 11.4. The van der Waals surface area contributed by atoms with Gasteiger partial charge in [-0.1, -0.05) is 6.07 Å². The van der Waals surface area contributed by atoms with Crippen LogP contribution in [0.15, 0.2) is 36.7 Å². The van der Waals surface area contributed by atoms with Crippen LogP contribution in [0.5, 0.6) is 11.5 Å². The van der Waals surface area contributed by atoms with Crippen LogP contribution in [0.25, 0.3) is 0 Å². The fourth-order valence-corrected chi connectivity index (χ4v) is 4.27. The smallest absolute Gasteiger partial charge is 0.161 e. The summed E-state index contributed by atoms with van der Waals surface area (Å²) in [6.07, 6.45) is 4.30. The minimum Gasteiger partial charge on any atom is -0.493 e. The minimum atomic E-state index is -0.501. The Hall–Kier alpha value is -1.74. The molecule has 2 N–H and O–H groups in total. The molecule has 0 radical (unpaired) electrons. The van der Waals surface area contributed by atoms with E-state index in [1.807, 2.05) is 46.9 Å². The first-order valence-electron chi connectivity index (χ1n) is 10.2. The second-order valence-corrected chi connectivity index (χ2v) is 8.39. The summed E-state index contributed by atoms with van der Waals surface area (Å²) in [5.41, 5.74) is 1.14. The summed E-state index contributed by atoms with van der Waals surface area (Å²) in [7, 11) is 1.64. The van der Waals surface area contributed by atoms with Crippen LogP contribution in [-0.2, 0) is 13.1 Å². The Kier molecular flexibility index (Phi) is 9.14. The van der Waals surface area contributed by atoms with Gasteiger partial charge < -0.3 is 19.9 Å². The molecule has 0 aliphatic carbocycles. The lowest BCUT2D eigenvalue weighted by Crippen LogP contribution is -2.40. The molecule has 7 nitrogen and oxygen atoms in total. The zero-order chi connectivity index (χ0) is 20.3. The molecule has 0 bridgehead atoms. The number of benzene rings is 1. The molecule has 1 fully saturated rings. The highest BCUT2D eigenvalue weighted by molar-refractivity contribution is 7.99. The number of aliphatic hydroxyl groups excluding tert-OH is 1. The number of methoxy groups -OCH3 is 1. The molecule has 2 aromatic rings. The lowest BCUT2D eigenvalue weighted by atomic mass is 10.2. The first kappa shape index (κ1) is 22.0. The molecule has 0 unspecified atom stereocenters. The Balaban J connectivity index is 1.39. The number of rotatable bonds is 12. The highest BCUT2D eigenvalue weighted by Gasteiger charge is 2.16. The van der Waals surface area contributed by atoms with Crippen molar-refractivity contribution in [1.29, 1.82) is 0 Å². The van der Waals surface area contributed by atoms with Gasteiger partial charge in [0.05, 0.1) is 7.11 Å². The molecule has 1 aliphatic rings. The number of nitrogens with zero attached hydrogens (tertiary/aromatic N) is 3. The van der Waals surface area contributed by atoms with E-state index in [-0.39, 0.29) is 6.61 Å². The summed E-state index contributed by atoms with van der Waals surface area (Å²) in [5.74, 6) is 3.64. The van der Waals surface area contributed by atoms with Crippen LogP contribution in [0.4, 0.5) is 0 Å². The fraction of sp³-hybridized carbons (Fsp3) is 0.571. The van der Waals surface area contributed by atoms with Gasteiger partial charge in [0.15, 0.2) is 11.5 Å². The zero-order valence-electron chi connectivity index (χ0n) is 17.1. The topological polar surface area (TPSA) is 71.8 Å². The molecule has 2 heterocycles. The summed E-state index contributed by atoms with van der Waals surface area (Å²) in [6.45, 7) is 5.60. The van der Waals surface area contributed by atoms with Crippen molar-refractivity contribution in [2.45, 2.75) is 25.6 Å². The van der Waals surface area contributed by atoms with Gasteiger partial charge in [-0.15, -0.1) is 0 Å². The van der Waals surface area contributed by atoms with Crippen LogP contribution in [-0.4, -0.2) is 77.3 Å². The quantitative estimate of drug-likeness (QED) is 0.508. The van der Waals surface area contributed by atoms with Crippen LogP contribution in [0.3, 0.4) is 0 Å². The summed E-state index contributed by atoms with van der Waals surface area (Å²) >= 11 is 1.97. The SMILES string of the molecule is COc1cc(CNCCCn2cccn2)ccc1OC[C@@H](O)CN1CCSCC1. The minimum absolute atomic E-state index is 0.269. The number of aryl methyl sites for hydroxylation is 1. The average Bonchev–Trinajstić information content (AvgIpc) is 3.26. The van der Waals surface area contributed by atoms with Crippen molar-refractivity contribution >= 4 is 11.8 Å². The second kappa shape index (κ2) is 12.1. The molecule has 0 saturated carbocycles. The molecule has 160 valence electrons. The maximum Gasteiger partial charge on any atom is 0.161 e. The molecule has 1 aromatic heterocycles. The third-order valence-corrected chi connectivity index (χ3v) is 5.80. The normalized spacial score (nSPS) is 15.9. The molecule has 29 heavy (non-hydrogen) atoms. The van der Waals surface area contributed by atoms with Crippen LogP contribution < -0.4 is 14.8 Å². The molecule has 1 atom stereocenters. The molecule has 1 saturated heterocycles. The number of aromatic nitrogens is 2. The molecule has 1 aromatic carbocycles. The summed E-state index contributed by atoms with van der Waals surface area (Å²) in [5, 5.41) is 17.9. The van der Waals surface area contributed by atoms with Gasteiger partial charge in [-0.25, -0.2) is 0 Å². The standard InChI is InChI=1S/C21H32N4O3S/c1-27-21-14-18(15-22-6-2-8-25-9-3-7-23-25)4-5-20(21)28-17-19(26)16-24-10-12-29-13-11-24/h3-5,7,9,14,19,22,26H,2,6,8,10-13,15-17H2,1H3/t19-/m0/s1. The average molecular weight is 421 g/mol. The zero-order valence-corrected chi connectivity index (χ0v) is 17.9. The Morgan fingerprint density at radius 1 is 1.28 bits per heavy atom. The van der Waals surface area contributed by atoms with E-state index in [1.54, 1.807) is 13.3 Å². The van der Waals surface area contributed by atoms with E-state index in [4.69, 9.17) is 9.47 Å². The van der Waals surface area contributed by atoms with Crippen LogP contribution in [0.2, 0.25) is 0 Å². The lowest BCUT2D eigenvalue weighted by molar-refractivity contribution is 0.0705. The number of ether oxygens (including phenoxy) is 2. The number of hydrogen-bond donors (Lipinski definition) is 2. The molecular formula is C21H32N4O3S. The van der Waals surface area contributed by atoms with Gasteiger partial charge in [0.25, 0.3) is 0 Å². The van der Waals surface area contributed by atoms with E-state index in [2.05, 4.69) is 15.3 Å². The van der Waals surface area contributed by atoms with Crippen molar-refractivity contribution in [3.63, 3.8) is 0 Å². The van der Waals surface area contributed by atoms with E-state index in [1.165, 1.54) is 0 Å². The highest BCUT2D eigenvalue weighted by Crippen LogP contribution is 2.28. The monoisotopic (exact) mass is 420 g/mol. The van der Waals surface area contributed by atoms with E-state index >= 15 is 0 Å². The summed E-state index contributed by atoms with van der Waals surface area (Å²) in [6, 6.07) is 7.88. The van der Waals surface area contributed by atoms with Gasteiger partial charge in [-0.3, -0.25) is 9.58 Å². The molecule has 0 amide bonds. The number of β-amino-alcohol motifs (C(OH)–C–C–N with tert-alkyl or cyclic N) is 1. The lowest BCUT2D eigenvalue weighted by Gasteiger charge is -2.28. The van der Waals surface area contributed by atoms with Crippen molar-refractivity contribution in [2.24, 2.45) is 0 Å². The Labute approximate surface area is 177 Å². The first-order chi connectivity index (χ1) is 14.2. The predicted molar refractivity (Wildman–Crippen MR) is 117 cm³/mol. The maximum atomic E-state index is 10.3. The van der Waals surface area contributed by atoms with Crippen molar-refractivity contribution in [2.75, 3.05) is 51.4 Å². The number of hydrogen-bond acceptors (Lipinski definition) is 7. The van der Waals surface area contributed by atoms with Crippen LogP contribution in [0.1, 0.15) is 12.0 Å². The van der Waals surface area contributed by atoms with Gasteiger partial charge >= 0.3 is 0 Å². The van der Waals surface area contributed by atoms with Crippen molar-refractivity contribution < 1.29 is 14.6 Å². The Bertz CT molecular complexity index is 708. The van der Waals surface area contributed by atoms with Gasteiger partial charge in [-0.2, -0.15) is 16.9 Å².